The zero-order valence-electron chi connectivity index (χ0n) is 13.7. The van der Waals surface area contributed by atoms with Gasteiger partial charge in [0.05, 0.1) is 6.61 Å². The quantitative estimate of drug-likeness (QED) is 0.833. The second-order valence-corrected chi connectivity index (χ2v) is 9.45. The summed E-state index contributed by atoms with van der Waals surface area (Å²) in [5.74, 6) is 1.78. The minimum atomic E-state index is -0.367. The lowest BCUT2D eigenvalue weighted by Crippen LogP contribution is -2.55. The van der Waals surface area contributed by atoms with Crippen LogP contribution in [-0.4, -0.2) is 17.8 Å². The monoisotopic (exact) mass is 290 g/mol. The molecule has 2 nitrogen and oxygen atoms in total. The zero-order chi connectivity index (χ0) is 14.7. The molecule has 1 N–H and O–H groups in total. The predicted octanol–water partition coefficient (Wildman–Crippen LogP) is 4.43. The second kappa shape index (κ2) is 4.50. The highest BCUT2D eigenvalue weighted by molar-refractivity contribution is 5.13. The average molecular weight is 290 g/mol. The van der Waals surface area contributed by atoms with E-state index in [0.717, 1.165) is 37.5 Å². The highest BCUT2D eigenvalue weighted by atomic mass is 16.5. The Kier molecular flexibility index (Phi) is 3.03. The van der Waals surface area contributed by atoms with E-state index in [-0.39, 0.29) is 6.10 Å². The number of aliphatic hydroxyl groups excluding tert-OH is 1. The van der Waals surface area contributed by atoms with Gasteiger partial charge in [-0.3, -0.25) is 0 Å². The van der Waals surface area contributed by atoms with Crippen LogP contribution in [0.1, 0.15) is 71.6 Å². The summed E-state index contributed by atoms with van der Waals surface area (Å²) in [6.07, 6.45) is 13.1. The van der Waals surface area contributed by atoms with Gasteiger partial charge in [-0.05, 0) is 86.0 Å². The molecule has 5 aliphatic rings. The van der Waals surface area contributed by atoms with Crippen LogP contribution < -0.4 is 0 Å². The summed E-state index contributed by atoms with van der Waals surface area (Å²) in [6.45, 7) is 5.80. The van der Waals surface area contributed by atoms with Crippen LogP contribution in [0.15, 0.2) is 11.8 Å². The molecule has 0 saturated heterocycles. The Morgan fingerprint density at radius 1 is 1.19 bits per heavy atom. The minimum Gasteiger partial charge on any atom is -0.496 e. The van der Waals surface area contributed by atoms with Crippen LogP contribution in [0.4, 0.5) is 0 Å². The first kappa shape index (κ1) is 14.1. The van der Waals surface area contributed by atoms with E-state index >= 15 is 0 Å². The number of aliphatic hydroxyl groups is 1. The number of rotatable bonds is 3. The zero-order valence-corrected chi connectivity index (χ0v) is 13.7. The molecule has 0 aromatic carbocycles. The average Bonchev–Trinajstić information content (AvgIpc) is 2.34. The standard InChI is InChI=1S/C19H30O2/c1-17-7-14-8-18(2,11-17)13-19(9-14,12-17)10-15(20)16-5-3-4-6-21-16/h5,14-15,20H,3-4,6-13H2,1-2H3. The SMILES string of the molecule is CC12CC3CC(C)(C1)CC(CC(O)C1=CCCCO1)(C3)C2. The second-order valence-electron chi connectivity index (χ2n) is 9.45. The lowest BCUT2D eigenvalue weighted by molar-refractivity contribution is -0.156. The van der Waals surface area contributed by atoms with Crippen LogP contribution in [-0.2, 0) is 4.74 Å². The summed E-state index contributed by atoms with van der Waals surface area (Å²) in [4.78, 5) is 0. The first-order valence-electron chi connectivity index (χ1n) is 8.91. The summed E-state index contributed by atoms with van der Waals surface area (Å²) < 4.78 is 5.72. The molecule has 3 unspecified atom stereocenters. The van der Waals surface area contributed by atoms with Gasteiger partial charge in [-0.2, -0.15) is 0 Å². The summed E-state index contributed by atoms with van der Waals surface area (Å²) in [5, 5.41) is 10.7. The highest BCUT2D eigenvalue weighted by Gasteiger charge is 2.60. The van der Waals surface area contributed by atoms with E-state index in [1.54, 1.807) is 0 Å². The van der Waals surface area contributed by atoms with Crippen molar-refractivity contribution in [3.05, 3.63) is 11.8 Å². The van der Waals surface area contributed by atoms with Crippen LogP contribution in [0, 0.1) is 22.2 Å². The van der Waals surface area contributed by atoms with Gasteiger partial charge in [-0.15, -0.1) is 0 Å². The van der Waals surface area contributed by atoms with Gasteiger partial charge in [0, 0.05) is 0 Å². The van der Waals surface area contributed by atoms with Crippen LogP contribution >= 0.6 is 0 Å². The fourth-order valence-corrected chi connectivity index (χ4v) is 7.23. The van der Waals surface area contributed by atoms with Crippen molar-refractivity contribution in [3.8, 4) is 0 Å². The maximum Gasteiger partial charge on any atom is 0.120 e. The number of hydrogen-bond acceptors (Lipinski definition) is 2. The van der Waals surface area contributed by atoms with Crippen molar-refractivity contribution in [3.63, 3.8) is 0 Å². The van der Waals surface area contributed by atoms with E-state index in [1.807, 2.05) is 0 Å². The highest BCUT2D eigenvalue weighted by Crippen LogP contribution is 2.70. The van der Waals surface area contributed by atoms with E-state index in [4.69, 9.17) is 4.74 Å². The molecule has 5 rings (SSSR count). The molecule has 4 fully saturated rings. The molecule has 0 radical (unpaired) electrons. The summed E-state index contributed by atoms with van der Waals surface area (Å²) in [7, 11) is 0. The van der Waals surface area contributed by atoms with Gasteiger partial charge >= 0.3 is 0 Å². The van der Waals surface area contributed by atoms with Crippen molar-refractivity contribution < 1.29 is 9.84 Å². The molecule has 0 spiro atoms. The topological polar surface area (TPSA) is 29.5 Å². The van der Waals surface area contributed by atoms with Gasteiger partial charge in [0.15, 0.2) is 0 Å². The van der Waals surface area contributed by atoms with Gasteiger partial charge < -0.3 is 9.84 Å². The molecule has 4 aliphatic carbocycles. The number of allylic oxidation sites excluding steroid dienone is 1. The predicted molar refractivity (Wildman–Crippen MR) is 83.7 cm³/mol. The molecular weight excluding hydrogens is 260 g/mol. The largest absolute Gasteiger partial charge is 0.496 e. The van der Waals surface area contributed by atoms with Crippen LogP contribution in [0.25, 0.3) is 0 Å². The third-order valence-corrected chi connectivity index (χ3v) is 6.66. The lowest BCUT2D eigenvalue weighted by atomic mass is 9.39. The Labute approximate surface area is 129 Å². The fourth-order valence-electron chi connectivity index (χ4n) is 7.23. The Hall–Kier alpha value is -0.500. The molecule has 21 heavy (non-hydrogen) atoms. The Bertz CT molecular complexity index is 448. The Balaban J connectivity index is 1.55. The van der Waals surface area contributed by atoms with Crippen molar-refractivity contribution in [2.45, 2.75) is 77.7 Å². The normalized spacial score (nSPS) is 49.7. The van der Waals surface area contributed by atoms with Gasteiger partial charge in [0.25, 0.3) is 0 Å². The molecule has 1 heterocycles. The van der Waals surface area contributed by atoms with Crippen molar-refractivity contribution in [1.29, 1.82) is 0 Å². The molecular formula is C19H30O2. The molecule has 4 saturated carbocycles. The molecule has 4 bridgehead atoms. The molecule has 1 aliphatic heterocycles. The molecule has 118 valence electrons. The van der Waals surface area contributed by atoms with Crippen LogP contribution in [0.2, 0.25) is 0 Å². The lowest BCUT2D eigenvalue weighted by Gasteiger charge is -2.66. The van der Waals surface area contributed by atoms with E-state index in [2.05, 4.69) is 19.9 Å². The molecule has 0 amide bonds. The Morgan fingerprint density at radius 3 is 2.48 bits per heavy atom. The summed E-state index contributed by atoms with van der Waals surface area (Å²) in [5.41, 5.74) is 1.45. The molecule has 0 aromatic heterocycles. The van der Waals surface area contributed by atoms with E-state index in [9.17, 15) is 5.11 Å². The summed E-state index contributed by atoms with van der Waals surface area (Å²) in [6, 6.07) is 0. The molecule has 2 heteroatoms. The summed E-state index contributed by atoms with van der Waals surface area (Å²) >= 11 is 0. The Morgan fingerprint density at radius 2 is 1.90 bits per heavy atom. The van der Waals surface area contributed by atoms with Crippen molar-refractivity contribution in [1.82, 2.24) is 0 Å². The molecule has 0 aromatic rings. The van der Waals surface area contributed by atoms with E-state index in [0.29, 0.717) is 16.2 Å². The van der Waals surface area contributed by atoms with Crippen LogP contribution in [0.3, 0.4) is 0 Å². The van der Waals surface area contributed by atoms with E-state index in [1.165, 1.54) is 38.5 Å². The number of hydrogen-bond donors (Lipinski definition) is 1. The maximum absolute atomic E-state index is 10.7. The van der Waals surface area contributed by atoms with Gasteiger partial charge in [0.1, 0.15) is 11.9 Å². The maximum atomic E-state index is 10.7. The van der Waals surface area contributed by atoms with Crippen molar-refractivity contribution in [2.24, 2.45) is 22.2 Å². The van der Waals surface area contributed by atoms with Gasteiger partial charge in [0.2, 0.25) is 0 Å². The third kappa shape index (κ3) is 2.44. The smallest absolute Gasteiger partial charge is 0.120 e. The first-order chi connectivity index (χ1) is 9.90. The van der Waals surface area contributed by atoms with Crippen molar-refractivity contribution in [2.75, 3.05) is 6.61 Å². The first-order valence-corrected chi connectivity index (χ1v) is 8.91. The third-order valence-electron chi connectivity index (χ3n) is 6.66. The van der Waals surface area contributed by atoms with Crippen molar-refractivity contribution >= 4 is 0 Å². The number of ether oxygens (including phenoxy) is 1. The fraction of sp³-hybridized carbons (Fsp3) is 0.895. The van der Waals surface area contributed by atoms with Gasteiger partial charge in [-0.25, -0.2) is 0 Å². The van der Waals surface area contributed by atoms with E-state index < -0.39 is 0 Å². The molecule has 3 atom stereocenters. The minimum absolute atomic E-state index is 0.367. The van der Waals surface area contributed by atoms with Crippen LogP contribution in [0.5, 0.6) is 0 Å². The van der Waals surface area contributed by atoms with Gasteiger partial charge in [-0.1, -0.05) is 13.8 Å².